The molecule has 1 atom stereocenters. The van der Waals surface area contributed by atoms with Crippen molar-refractivity contribution in [1.82, 2.24) is 4.57 Å². The molecule has 5 nitrogen and oxygen atoms in total. The lowest BCUT2D eigenvalue weighted by Crippen LogP contribution is -2.31. The van der Waals surface area contributed by atoms with E-state index >= 15 is 0 Å². The second-order valence-corrected chi connectivity index (χ2v) is 5.87. The molecule has 16 heavy (non-hydrogen) atoms. The predicted molar refractivity (Wildman–Crippen MR) is 61.2 cm³/mol. The number of aromatic nitrogens is 2. The third-order valence-corrected chi connectivity index (χ3v) is 3.58. The average molecular weight is 247 g/mol. The van der Waals surface area contributed by atoms with Crippen LogP contribution in [0.2, 0.25) is 0 Å². The fourth-order valence-corrected chi connectivity index (χ4v) is 2.03. The van der Waals surface area contributed by atoms with Crippen molar-refractivity contribution >= 4 is 7.60 Å². The molecule has 2 N–H and O–H groups in total. The Bertz CT molecular complexity index is 372. The standard InChI is InChI=1S/C10H19N2O3P/c1-3-10(2)12-7-6-11(9-12)5-4-8-16(13,14)15/h6-7,9-10H,3-5,8H2,1-2H3,(H-,13,14,15)/p+1. The zero-order chi connectivity index (χ0) is 12.2. The molecule has 0 bridgehead atoms. The third kappa shape index (κ3) is 4.47. The zero-order valence-corrected chi connectivity index (χ0v) is 10.7. The van der Waals surface area contributed by atoms with Gasteiger partial charge in [0.1, 0.15) is 12.4 Å². The number of nitrogens with zero attached hydrogens (tertiary/aromatic N) is 2. The SMILES string of the molecule is CCC(C)n1cc[n+](CCCP(=O)(O)O)c1. The Morgan fingerprint density at radius 3 is 2.75 bits per heavy atom. The van der Waals surface area contributed by atoms with E-state index < -0.39 is 7.60 Å². The summed E-state index contributed by atoms with van der Waals surface area (Å²) < 4.78 is 14.7. The van der Waals surface area contributed by atoms with Crippen molar-refractivity contribution in [3.63, 3.8) is 0 Å². The topological polar surface area (TPSA) is 66.3 Å². The molecule has 0 saturated heterocycles. The Hall–Kier alpha value is -0.640. The lowest BCUT2D eigenvalue weighted by Gasteiger charge is -2.03. The van der Waals surface area contributed by atoms with E-state index in [0.29, 0.717) is 19.0 Å². The van der Waals surface area contributed by atoms with Crippen LogP contribution in [0.1, 0.15) is 32.7 Å². The van der Waals surface area contributed by atoms with Gasteiger partial charge in [0, 0.05) is 0 Å². The minimum Gasteiger partial charge on any atom is -0.324 e. The van der Waals surface area contributed by atoms with Crippen LogP contribution in [0.4, 0.5) is 0 Å². The summed E-state index contributed by atoms with van der Waals surface area (Å²) in [7, 11) is -3.84. The molecule has 1 aromatic heterocycles. The van der Waals surface area contributed by atoms with Crippen molar-refractivity contribution in [2.75, 3.05) is 6.16 Å². The normalized spacial score (nSPS) is 14.0. The van der Waals surface area contributed by atoms with Gasteiger partial charge in [-0.2, -0.15) is 0 Å². The molecular weight excluding hydrogens is 227 g/mol. The van der Waals surface area contributed by atoms with Gasteiger partial charge in [-0.1, -0.05) is 6.92 Å². The molecule has 0 aliphatic heterocycles. The van der Waals surface area contributed by atoms with E-state index in [1.807, 2.05) is 23.3 Å². The van der Waals surface area contributed by atoms with Gasteiger partial charge in [-0.25, -0.2) is 9.13 Å². The molecule has 92 valence electrons. The van der Waals surface area contributed by atoms with E-state index in [1.54, 1.807) is 0 Å². The Morgan fingerprint density at radius 2 is 2.19 bits per heavy atom. The Morgan fingerprint density at radius 1 is 1.50 bits per heavy atom. The predicted octanol–water partition coefficient (Wildman–Crippen LogP) is 1.31. The fraction of sp³-hybridized carbons (Fsp3) is 0.700. The minimum atomic E-state index is -3.84. The van der Waals surface area contributed by atoms with Crippen LogP contribution in [0, 0.1) is 0 Å². The molecule has 0 saturated carbocycles. The fourth-order valence-electron chi connectivity index (χ4n) is 1.47. The van der Waals surface area contributed by atoms with E-state index in [9.17, 15) is 4.57 Å². The molecule has 1 rings (SSSR count). The van der Waals surface area contributed by atoms with Crippen LogP contribution in [-0.2, 0) is 11.1 Å². The van der Waals surface area contributed by atoms with E-state index in [4.69, 9.17) is 9.79 Å². The summed E-state index contributed by atoms with van der Waals surface area (Å²) >= 11 is 0. The largest absolute Gasteiger partial charge is 0.325 e. The second kappa shape index (κ2) is 5.62. The van der Waals surface area contributed by atoms with Gasteiger partial charge in [-0.05, 0) is 19.8 Å². The number of aryl methyl sites for hydroxylation is 1. The van der Waals surface area contributed by atoms with Crippen LogP contribution >= 0.6 is 7.60 Å². The van der Waals surface area contributed by atoms with Crippen molar-refractivity contribution in [3.05, 3.63) is 18.7 Å². The Labute approximate surface area is 95.9 Å². The molecule has 1 heterocycles. The molecule has 0 fully saturated rings. The summed E-state index contributed by atoms with van der Waals surface area (Å²) in [5.41, 5.74) is 0. The van der Waals surface area contributed by atoms with Crippen LogP contribution in [0.15, 0.2) is 18.7 Å². The van der Waals surface area contributed by atoms with Crippen molar-refractivity contribution < 1.29 is 18.9 Å². The highest BCUT2D eigenvalue weighted by Gasteiger charge is 2.14. The summed E-state index contributed by atoms with van der Waals surface area (Å²) in [5.74, 6) is 0. The van der Waals surface area contributed by atoms with Gasteiger partial charge in [0.05, 0.1) is 18.7 Å². The number of rotatable bonds is 6. The third-order valence-electron chi connectivity index (χ3n) is 2.68. The van der Waals surface area contributed by atoms with Crippen LogP contribution < -0.4 is 4.57 Å². The van der Waals surface area contributed by atoms with Gasteiger partial charge in [-0.3, -0.25) is 4.57 Å². The highest BCUT2D eigenvalue weighted by Crippen LogP contribution is 2.34. The van der Waals surface area contributed by atoms with E-state index in [0.717, 1.165) is 6.42 Å². The lowest BCUT2D eigenvalue weighted by molar-refractivity contribution is -0.696. The van der Waals surface area contributed by atoms with Crippen LogP contribution in [0.3, 0.4) is 0 Å². The Balaban J connectivity index is 2.44. The summed E-state index contributed by atoms with van der Waals surface area (Å²) in [4.78, 5) is 17.4. The van der Waals surface area contributed by atoms with Gasteiger partial charge in [0.2, 0.25) is 6.33 Å². The maximum Gasteiger partial charge on any atom is 0.325 e. The number of hydrogen-bond acceptors (Lipinski definition) is 1. The van der Waals surface area contributed by atoms with Crippen LogP contribution in [-0.4, -0.2) is 20.5 Å². The Kier molecular flexibility index (Phi) is 4.71. The smallest absolute Gasteiger partial charge is 0.324 e. The van der Waals surface area contributed by atoms with Crippen molar-refractivity contribution in [1.29, 1.82) is 0 Å². The first-order valence-electron chi connectivity index (χ1n) is 5.53. The summed E-state index contributed by atoms with van der Waals surface area (Å²) in [6.45, 7) is 4.91. The van der Waals surface area contributed by atoms with E-state index in [-0.39, 0.29) is 6.16 Å². The summed E-state index contributed by atoms with van der Waals surface area (Å²) in [6, 6.07) is 0.461. The zero-order valence-electron chi connectivity index (χ0n) is 9.78. The molecule has 0 aromatic carbocycles. The minimum absolute atomic E-state index is 0.0471. The average Bonchev–Trinajstić information content (AvgIpc) is 2.63. The van der Waals surface area contributed by atoms with Gasteiger partial charge in [-0.15, -0.1) is 0 Å². The van der Waals surface area contributed by atoms with Gasteiger partial charge >= 0.3 is 7.60 Å². The quantitative estimate of drug-likeness (QED) is 0.588. The van der Waals surface area contributed by atoms with Crippen molar-refractivity contribution in [3.8, 4) is 0 Å². The molecule has 0 aliphatic carbocycles. The second-order valence-electron chi connectivity index (χ2n) is 4.10. The number of imidazole rings is 1. The van der Waals surface area contributed by atoms with Crippen LogP contribution in [0.25, 0.3) is 0 Å². The molecule has 0 aliphatic rings. The molecule has 1 aromatic rings. The van der Waals surface area contributed by atoms with Crippen molar-refractivity contribution in [2.45, 2.75) is 39.3 Å². The molecular formula is C10H20N2O3P+. The molecule has 0 spiro atoms. The van der Waals surface area contributed by atoms with Crippen molar-refractivity contribution in [2.24, 2.45) is 0 Å². The van der Waals surface area contributed by atoms with Gasteiger partial charge < -0.3 is 9.79 Å². The molecule has 0 radical (unpaired) electrons. The monoisotopic (exact) mass is 247 g/mol. The molecule has 6 heteroatoms. The summed E-state index contributed by atoms with van der Waals surface area (Å²) in [6.07, 6.45) is 7.43. The highest BCUT2D eigenvalue weighted by molar-refractivity contribution is 7.51. The molecule has 0 amide bonds. The first-order valence-corrected chi connectivity index (χ1v) is 7.33. The number of hydrogen-bond donors (Lipinski definition) is 2. The van der Waals surface area contributed by atoms with Crippen LogP contribution in [0.5, 0.6) is 0 Å². The van der Waals surface area contributed by atoms with E-state index in [1.165, 1.54) is 0 Å². The molecule has 1 unspecified atom stereocenters. The highest BCUT2D eigenvalue weighted by atomic mass is 31.2. The maximum absolute atomic E-state index is 10.7. The van der Waals surface area contributed by atoms with Gasteiger partial charge in [0.25, 0.3) is 0 Å². The first-order chi connectivity index (χ1) is 7.42. The van der Waals surface area contributed by atoms with Gasteiger partial charge in [0.15, 0.2) is 0 Å². The van der Waals surface area contributed by atoms with E-state index in [2.05, 4.69) is 18.4 Å². The lowest BCUT2D eigenvalue weighted by atomic mass is 10.3. The first kappa shape index (κ1) is 13.4. The maximum atomic E-state index is 10.7. The summed E-state index contributed by atoms with van der Waals surface area (Å²) in [5, 5.41) is 0.